The van der Waals surface area contributed by atoms with Crippen LogP contribution in [0, 0.1) is 13.8 Å². The van der Waals surface area contributed by atoms with Gasteiger partial charge in [-0.2, -0.15) is 0 Å². The van der Waals surface area contributed by atoms with Crippen molar-refractivity contribution >= 4 is 5.91 Å². The molecule has 1 unspecified atom stereocenters. The van der Waals surface area contributed by atoms with Crippen molar-refractivity contribution in [2.45, 2.75) is 19.9 Å². The predicted octanol–water partition coefficient (Wildman–Crippen LogP) is 0.302. The first-order chi connectivity index (χ1) is 7.51. The van der Waals surface area contributed by atoms with Crippen LogP contribution in [-0.2, 0) is 4.79 Å². The maximum Gasteiger partial charge on any atom is 0.255 e. The molecular weight excluding hydrogens is 206 g/mol. The maximum atomic E-state index is 11.4. The van der Waals surface area contributed by atoms with E-state index in [-0.39, 0.29) is 0 Å². The average Bonchev–Trinajstić information content (AvgIpc) is 2.26. The molecule has 1 amide bonds. The van der Waals surface area contributed by atoms with Crippen LogP contribution in [0.4, 0.5) is 0 Å². The van der Waals surface area contributed by atoms with Crippen LogP contribution in [0.3, 0.4) is 0 Å². The molecule has 16 heavy (non-hydrogen) atoms. The fraction of sp³-hybridized carbons (Fsp3) is 0.364. The SMILES string of the molecule is COc1c(C)cc(C)cc1C(N)C(=O)NN. The molecule has 0 saturated carbocycles. The summed E-state index contributed by atoms with van der Waals surface area (Å²) in [5.41, 5.74) is 10.4. The Kier molecular flexibility index (Phi) is 3.87. The van der Waals surface area contributed by atoms with Gasteiger partial charge in [0.05, 0.1) is 7.11 Å². The van der Waals surface area contributed by atoms with E-state index in [9.17, 15) is 4.79 Å². The van der Waals surface area contributed by atoms with Crippen molar-refractivity contribution in [3.05, 3.63) is 28.8 Å². The third-order valence-corrected chi connectivity index (χ3v) is 2.41. The summed E-state index contributed by atoms with van der Waals surface area (Å²) in [6.45, 7) is 3.84. The van der Waals surface area contributed by atoms with Crippen molar-refractivity contribution in [2.75, 3.05) is 7.11 Å². The van der Waals surface area contributed by atoms with Gasteiger partial charge in [0.15, 0.2) is 0 Å². The summed E-state index contributed by atoms with van der Waals surface area (Å²) in [4.78, 5) is 11.4. The largest absolute Gasteiger partial charge is 0.496 e. The number of rotatable bonds is 3. The van der Waals surface area contributed by atoms with E-state index >= 15 is 0 Å². The summed E-state index contributed by atoms with van der Waals surface area (Å²) in [6, 6.07) is 2.97. The first-order valence-corrected chi connectivity index (χ1v) is 4.92. The maximum absolute atomic E-state index is 11.4. The fourth-order valence-corrected chi connectivity index (χ4v) is 1.73. The lowest BCUT2D eigenvalue weighted by atomic mass is 9.99. The quantitative estimate of drug-likeness (QED) is 0.390. The van der Waals surface area contributed by atoms with Gasteiger partial charge >= 0.3 is 0 Å². The zero-order valence-corrected chi connectivity index (χ0v) is 9.70. The zero-order chi connectivity index (χ0) is 12.3. The molecule has 5 heteroatoms. The van der Waals surface area contributed by atoms with Crippen LogP contribution in [0.25, 0.3) is 0 Å². The lowest BCUT2D eigenvalue weighted by Gasteiger charge is -2.17. The fourth-order valence-electron chi connectivity index (χ4n) is 1.73. The Labute approximate surface area is 94.7 Å². The van der Waals surface area contributed by atoms with Crippen LogP contribution < -0.4 is 21.7 Å². The highest BCUT2D eigenvalue weighted by molar-refractivity contribution is 5.83. The molecule has 0 aliphatic rings. The van der Waals surface area contributed by atoms with Crippen LogP contribution in [0.15, 0.2) is 12.1 Å². The van der Waals surface area contributed by atoms with E-state index in [1.807, 2.05) is 31.4 Å². The molecule has 0 aliphatic heterocycles. The number of hydrogen-bond donors (Lipinski definition) is 3. The summed E-state index contributed by atoms with van der Waals surface area (Å²) in [6.07, 6.45) is 0. The van der Waals surface area contributed by atoms with Gasteiger partial charge in [-0.1, -0.05) is 17.7 Å². The normalized spacial score (nSPS) is 12.1. The molecule has 1 atom stereocenters. The molecule has 0 heterocycles. The van der Waals surface area contributed by atoms with Gasteiger partial charge in [0.1, 0.15) is 11.8 Å². The summed E-state index contributed by atoms with van der Waals surface area (Å²) >= 11 is 0. The second-order valence-electron chi connectivity index (χ2n) is 3.69. The number of benzene rings is 1. The Morgan fingerprint density at radius 1 is 1.44 bits per heavy atom. The number of hydrogen-bond acceptors (Lipinski definition) is 4. The standard InChI is InChI=1S/C11H17N3O2/c1-6-4-7(2)10(16-3)8(5-6)9(12)11(15)14-13/h4-5,9H,12-13H2,1-3H3,(H,14,15). The summed E-state index contributed by atoms with van der Waals surface area (Å²) in [5.74, 6) is 5.24. The van der Waals surface area contributed by atoms with Crippen LogP contribution >= 0.6 is 0 Å². The molecule has 1 rings (SSSR count). The minimum atomic E-state index is -0.821. The van der Waals surface area contributed by atoms with Crippen LogP contribution in [-0.4, -0.2) is 13.0 Å². The lowest BCUT2D eigenvalue weighted by Crippen LogP contribution is -2.38. The first-order valence-electron chi connectivity index (χ1n) is 4.92. The number of nitrogens with one attached hydrogen (secondary N) is 1. The van der Waals surface area contributed by atoms with Crippen molar-refractivity contribution < 1.29 is 9.53 Å². The third kappa shape index (κ3) is 2.32. The van der Waals surface area contributed by atoms with E-state index in [0.717, 1.165) is 11.1 Å². The molecule has 5 nitrogen and oxygen atoms in total. The molecule has 5 N–H and O–H groups in total. The minimum Gasteiger partial charge on any atom is -0.496 e. The topological polar surface area (TPSA) is 90.4 Å². The van der Waals surface area contributed by atoms with Gasteiger partial charge in [-0.3, -0.25) is 10.2 Å². The first kappa shape index (κ1) is 12.5. The average molecular weight is 223 g/mol. The number of carbonyl (C=O) groups excluding carboxylic acids is 1. The Morgan fingerprint density at radius 3 is 2.56 bits per heavy atom. The highest BCUT2D eigenvalue weighted by Crippen LogP contribution is 2.29. The number of aryl methyl sites for hydroxylation is 2. The van der Waals surface area contributed by atoms with Crippen LogP contribution in [0.1, 0.15) is 22.7 Å². The highest BCUT2D eigenvalue weighted by Gasteiger charge is 2.20. The molecule has 88 valence electrons. The molecule has 0 radical (unpaired) electrons. The minimum absolute atomic E-state index is 0.441. The van der Waals surface area contributed by atoms with Gasteiger partial charge in [0.2, 0.25) is 0 Å². The Bertz CT molecular complexity index is 404. The number of hydrazine groups is 1. The van der Waals surface area contributed by atoms with E-state index in [0.29, 0.717) is 11.3 Å². The Morgan fingerprint density at radius 2 is 2.06 bits per heavy atom. The lowest BCUT2D eigenvalue weighted by molar-refractivity contribution is -0.122. The second kappa shape index (κ2) is 4.96. The summed E-state index contributed by atoms with van der Waals surface area (Å²) in [5, 5.41) is 0. The molecule has 0 spiro atoms. The molecule has 1 aromatic carbocycles. The molecule has 0 saturated heterocycles. The molecular formula is C11H17N3O2. The van der Waals surface area contributed by atoms with E-state index in [4.69, 9.17) is 16.3 Å². The molecule has 0 aliphatic carbocycles. The van der Waals surface area contributed by atoms with Crippen molar-refractivity contribution in [3.8, 4) is 5.75 Å². The number of amides is 1. The smallest absolute Gasteiger partial charge is 0.255 e. The molecule has 0 aromatic heterocycles. The van der Waals surface area contributed by atoms with Crippen molar-refractivity contribution in [1.29, 1.82) is 0 Å². The molecule has 1 aromatic rings. The molecule has 0 bridgehead atoms. The third-order valence-electron chi connectivity index (χ3n) is 2.41. The summed E-state index contributed by atoms with van der Waals surface area (Å²) < 4.78 is 5.25. The predicted molar refractivity (Wildman–Crippen MR) is 61.7 cm³/mol. The monoisotopic (exact) mass is 223 g/mol. The zero-order valence-electron chi connectivity index (χ0n) is 9.70. The van der Waals surface area contributed by atoms with Gasteiger partial charge in [-0.25, -0.2) is 5.84 Å². The van der Waals surface area contributed by atoms with Gasteiger partial charge in [-0.05, 0) is 19.4 Å². The second-order valence-corrected chi connectivity index (χ2v) is 3.69. The van der Waals surface area contributed by atoms with Crippen LogP contribution in [0.2, 0.25) is 0 Å². The van der Waals surface area contributed by atoms with E-state index in [1.54, 1.807) is 7.11 Å². The van der Waals surface area contributed by atoms with Gasteiger partial charge in [-0.15, -0.1) is 0 Å². The number of methoxy groups -OCH3 is 1. The number of nitrogens with two attached hydrogens (primary N) is 2. The van der Waals surface area contributed by atoms with E-state index < -0.39 is 11.9 Å². The van der Waals surface area contributed by atoms with Gasteiger partial charge in [0.25, 0.3) is 5.91 Å². The Balaban J connectivity index is 3.25. The number of ether oxygens (including phenoxy) is 1. The molecule has 0 fully saturated rings. The Hall–Kier alpha value is -1.59. The highest BCUT2D eigenvalue weighted by atomic mass is 16.5. The summed E-state index contributed by atoms with van der Waals surface area (Å²) in [7, 11) is 1.55. The van der Waals surface area contributed by atoms with Gasteiger partial charge < -0.3 is 10.5 Å². The van der Waals surface area contributed by atoms with Crippen molar-refractivity contribution in [3.63, 3.8) is 0 Å². The number of carbonyl (C=O) groups is 1. The van der Waals surface area contributed by atoms with Gasteiger partial charge in [0, 0.05) is 5.56 Å². The van der Waals surface area contributed by atoms with E-state index in [1.165, 1.54) is 0 Å². The van der Waals surface area contributed by atoms with E-state index in [2.05, 4.69) is 0 Å². The van der Waals surface area contributed by atoms with Crippen LogP contribution in [0.5, 0.6) is 5.75 Å². The van der Waals surface area contributed by atoms with Crippen molar-refractivity contribution in [2.24, 2.45) is 11.6 Å². The van der Waals surface area contributed by atoms with Crippen molar-refractivity contribution in [1.82, 2.24) is 5.43 Å².